The van der Waals surface area contributed by atoms with Crippen molar-refractivity contribution < 1.29 is 15.0 Å². The molecule has 4 aromatic rings. The van der Waals surface area contributed by atoms with Crippen LogP contribution in [0.3, 0.4) is 0 Å². The number of rotatable bonds is 5. The second kappa shape index (κ2) is 8.56. The highest BCUT2D eigenvalue weighted by atomic mass is 32.2. The largest absolute Gasteiger partial charge is 0.505 e. The topological polar surface area (TPSA) is 88.2 Å². The lowest BCUT2D eigenvalue weighted by atomic mass is 9.70. The number of aromatic hydroxyl groups is 1. The number of nitrogens with zero attached hydrogens (tertiary/aromatic N) is 3. The van der Waals surface area contributed by atoms with Gasteiger partial charge in [-0.2, -0.15) is 0 Å². The monoisotopic (exact) mass is 459 g/mol. The summed E-state index contributed by atoms with van der Waals surface area (Å²) in [5.74, 6) is -0.973. The summed E-state index contributed by atoms with van der Waals surface area (Å²) in [6.07, 6.45) is 5.12. The molecule has 168 valence electrons. The summed E-state index contributed by atoms with van der Waals surface area (Å²) in [7, 11) is 0. The number of carboxylic acid groups (broad SMARTS) is 1. The highest BCUT2D eigenvalue weighted by Gasteiger charge is 2.33. The molecule has 1 saturated carbocycles. The lowest BCUT2D eigenvalue weighted by Gasteiger charge is -2.35. The molecule has 1 aliphatic rings. The first-order valence-corrected chi connectivity index (χ1v) is 12.0. The summed E-state index contributed by atoms with van der Waals surface area (Å²) < 4.78 is 0. The summed E-state index contributed by atoms with van der Waals surface area (Å²) in [5.41, 5.74) is 2.18. The van der Waals surface area contributed by atoms with Crippen LogP contribution in [0.4, 0.5) is 0 Å². The maximum absolute atomic E-state index is 11.9. The van der Waals surface area contributed by atoms with Gasteiger partial charge in [0.2, 0.25) is 0 Å². The minimum absolute atomic E-state index is 0.0589. The van der Waals surface area contributed by atoms with Crippen molar-refractivity contribution in [3.05, 3.63) is 71.8 Å². The number of benzene rings is 3. The smallest absolute Gasteiger partial charge is 0.335 e. The molecule has 33 heavy (non-hydrogen) atoms. The van der Waals surface area contributed by atoms with Crippen LogP contribution in [0.2, 0.25) is 0 Å². The number of hydrogen-bond donors (Lipinski definition) is 2. The number of phenolic OH excluding ortho intramolecular Hbond substituents is 1. The highest BCUT2D eigenvalue weighted by molar-refractivity contribution is 7.99. The van der Waals surface area contributed by atoms with Crippen LogP contribution in [-0.4, -0.2) is 31.2 Å². The Morgan fingerprint density at radius 2 is 1.67 bits per heavy atom. The molecule has 0 radical (unpaired) electrons. The molecule has 0 saturated heterocycles. The van der Waals surface area contributed by atoms with Gasteiger partial charge in [0.25, 0.3) is 0 Å². The average Bonchev–Trinajstić information content (AvgIpc) is 3.23. The molecule has 1 aromatic heterocycles. The van der Waals surface area contributed by atoms with E-state index in [1.54, 1.807) is 17.8 Å². The maximum Gasteiger partial charge on any atom is 0.335 e. The first-order chi connectivity index (χ1) is 15.9. The molecule has 6 nitrogen and oxygen atoms in total. The number of hydrogen-bond acceptors (Lipinski definition) is 5. The van der Waals surface area contributed by atoms with Crippen molar-refractivity contribution in [3.63, 3.8) is 0 Å². The van der Waals surface area contributed by atoms with Crippen molar-refractivity contribution in [2.24, 2.45) is 0 Å². The third-order valence-electron chi connectivity index (χ3n) is 6.49. The second-order valence-corrected chi connectivity index (χ2v) is 10.0. The molecule has 7 heteroatoms. The Morgan fingerprint density at radius 1 is 0.939 bits per heavy atom. The number of phenols is 1. The Bertz CT molecular complexity index is 1330. The molecule has 3 aromatic carbocycles. The Labute approximate surface area is 196 Å². The number of aromatic carboxylic acids is 1. The van der Waals surface area contributed by atoms with E-state index in [4.69, 9.17) is 0 Å². The van der Waals surface area contributed by atoms with Crippen LogP contribution in [0.15, 0.2) is 70.5 Å². The Kier molecular flexibility index (Phi) is 5.58. The van der Waals surface area contributed by atoms with Crippen LogP contribution in [0.25, 0.3) is 16.7 Å². The summed E-state index contributed by atoms with van der Waals surface area (Å²) in [5, 5.41) is 30.1. The lowest BCUT2D eigenvalue weighted by molar-refractivity contribution is 0.0696. The van der Waals surface area contributed by atoms with E-state index >= 15 is 0 Å². The summed E-state index contributed by atoms with van der Waals surface area (Å²) in [6, 6.07) is 19.0. The van der Waals surface area contributed by atoms with Crippen LogP contribution in [-0.2, 0) is 5.41 Å². The van der Waals surface area contributed by atoms with E-state index < -0.39 is 5.97 Å². The molecule has 5 rings (SSSR count). The fraction of sp³-hybridized carbons (Fsp3) is 0.269. The van der Waals surface area contributed by atoms with E-state index in [9.17, 15) is 15.0 Å². The summed E-state index contributed by atoms with van der Waals surface area (Å²) in [4.78, 5) is 15.4. The summed E-state index contributed by atoms with van der Waals surface area (Å²) >= 11 is 1.63. The number of aromatic nitrogens is 3. The molecule has 1 heterocycles. The van der Waals surface area contributed by atoms with Gasteiger partial charge in [0.05, 0.1) is 5.56 Å². The molecule has 0 amide bonds. The first-order valence-electron chi connectivity index (χ1n) is 11.1. The highest BCUT2D eigenvalue weighted by Crippen LogP contribution is 2.45. The molecule has 0 unspecified atom stereocenters. The van der Waals surface area contributed by atoms with Gasteiger partial charge in [0.1, 0.15) is 22.5 Å². The molecule has 0 bridgehead atoms. The predicted octanol–water partition coefficient (Wildman–Crippen LogP) is 6.20. The van der Waals surface area contributed by atoms with Crippen LogP contribution in [0.1, 0.15) is 54.9 Å². The van der Waals surface area contributed by atoms with Gasteiger partial charge in [0, 0.05) is 15.4 Å². The van der Waals surface area contributed by atoms with Gasteiger partial charge < -0.3 is 10.2 Å². The molecular formula is C26H25N3O3S. The molecule has 1 fully saturated rings. The van der Waals surface area contributed by atoms with Crippen molar-refractivity contribution in [2.75, 3.05) is 0 Å². The third kappa shape index (κ3) is 4.20. The molecular weight excluding hydrogens is 434 g/mol. The van der Waals surface area contributed by atoms with Gasteiger partial charge in [-0.25, -0.2) is 4.79 Å². The Morgan fingerprint density at radius 3 is 2.39 bits per heavy atom. The van der Waals surface area contributed by atoms with Crippen LogP contribution in [0, 0.1) is 0 Å². The fourth-order valence-corrected chi connectivity index (χ4v) is 5.52. The Balaban J connectivity index is 1.57. The predicted molar refractivity (Wildman–Crippen MR) is 128 cm³/mol. The van der Waals surface area contributed by atoms with E-state index in [0.717, 1.165) is 41.9 Å². The van der Waals surface area contributed by atoms with Crippen molar-refractivity contribution in [1.29, 1.82) is 0 Å². The van der Waals surface area contributed by atoms with E-state index in [0.29, 0.717) is 22.3 Å². The van der Waals surface area contributed by atoms with Crippen LogP contribution in [0.5, 0.6) is 5.75 Å². The minimum Gasteiger partial charge on any atom is -0.505 e. The standard InChI is InChI=1S/C26H25N3O3S/c1-26(12-6-3-7-13-26)20-14-17(25(31)32)15-23(24(20)30)29-27-21-11-10-19(16-22(21)28-29)33-18-8-4-2-5-9-18/h2,4-5,8-11,14-16,30H,3,6-7,12-13H2,1H3,(H,31,32). The second-order valence-electron chi connectivity index (χ2n) is 8.87. The zero-order valence-corrected chi connectivity index (χ0v) is 19.2. The van der Waals surface area contributed by atoms with E-state index in [1.165, 1.54) is 10.9 Å². The average molecular weight is 460 g/mol. The number of fused-ring (bicyclic) bond motifs is 1. The van der Waals surface area contributed by atoms with Gasteiger partial charge in [-0.1, -0.05) is 56.1 Å². The van der Waals surface area contributed by atoms with Crippen molar-refractivity contribution >= 4 is 28.8 Å². The summed E-state index contributed by atoms with van der Waals surface area (Å²) in [6.45, 7) is 2.11. The normalized spacial score (nSPS) is 15.5. The molecule has 0 aliphatic heterocycles. The molecule has 0 atom stereocenters. The van der Waals surface area contributed by atoms with Crippen molar-refractivity contribution in [1.82, 2.24) is 15.0 Å². The van der Waals surface area contributed by atoms with Crippen molar-refractivity contribution in [2.45, 2.75) is 54.2 Å². The lowest BCUT2D eigenvalue weighted by Crippen LogP contribution is -2.26. The van der Waals surface area contributed by atoms with Gasteiger partial charge in [0.15, 0.2) is 0 Å². The van der Waals surface area contributed by atoms with E-state index in [2.05, 4.69) is 29.3 Å². The van der Waals surface area contributed by atoms with Gasteiger partial charge in [-0.05, 0) is 60.7 Å². The Hall–Kier alpha value is -3.32. The minimum atomic E-state index is -1.03. The van der Waals surface area contributed by atoms with Gasteiger partial charge >= 0.3 is 5.97 Å². The van der Waals surface area contributed by atoms with Crippen LogP contribution < -0.4 is 0 Å². The number of carbonyl (C=O) groups is 1. The maximum atomic E-state index is 11.9. The van der Waals surface area contributed by atoms with Gasteiger partial charge in [-0.15, -0.1) is 15.0 Å². The van der Waals surface area contributed by atoms with Gasteiger partial charge in [-0.3, -0.25) is 0 Å². The third-order valence-corrected chi connectivity index (χ3v) is 7.49. The quantitative estimate of drug-likeness (QED) is 0.370. The fourth-order valence-electron chi connectivity index (χ4n) is 4.65. The SMILES string of the molecule is CC1(c2cc(C(=O)O)cc(-n3nc4ccc(Sc5ccccc5)cc4n3)c2O)CCCCC1. The molecule has 0 spiro atoms. The van der Waals surface area contributed by atoms with Crippen LogP contribution >= 0.6 is 11.8 Å². The van der Waals surface area contributed by atoms with Crippen molar-refractivity contribution in [3.8, 4) is 11.4 Å². The zero-order chi connectivity index (χ0) is 23.0. The molecule has 2 N–H and O–H groups in total. The van der Waals surface area contributed by atoms with E-state index in [-0.39, 0.29) is 16.7 Å². The zero-order valence-electron chi connectivity index (χ0n) is 18.4. The first kappa shape index (κ1) is 21.5. The number of carboxylic acids is 1. The molecule has 1 aliphatic carbocycles. The van der Waals surface area contributed by atoms with E-state index in [1.807, 2.05) is 36.4 Å².